The van der Waals surface area contributed by atoms with Crippen molar-refractivity contribution in [1.82, 2.24) is 5.32 Å². The highest BCUT2D eigenvalue weighted by atomic mass is 19.2. The van der Waals surface area contributed by atoms with Gasteiger partial charge in [-0.2, -0.15) is 0 Å². The molecule has 0 saturated heterocycles. The Morgan fingerprint density at radius 3 is 2.39 bits per heavy atom. The maximum absolute atomic E-state index is 13.7. The fraction of sp³-hybridized carbons (Fsp3) is 0.200. The van der Waals surface area contributed by atoms with E-state index in [4.69, 9.17) is 0 Å². The van der Waals surface area contributed by atoms with Crippen molar-refractivity contribution in [3.63, 3.8) is 0 Å². The molecule has 94 valence electrons. The van der Waals surface area contributed by atoms with E-state index >= 15 is 0 Å². The molecule has 1 nitrogen and oxygen atoms in total. The van der Waals surface area contributed by atoms with Crippen LogP contribution in [-0.4, -0.2) is 7.05 Å². The van der Waals surface area contributed by atoms with E-state index in [0.717, 1.165) is 11.6 Å². The summed E-state index contributed by atoms with van der Waals surface area (Å²) in [5, 5.41) is 3.03. The van der Waals surface area contributed by atoms with Crippen LogP contribution in [0, 0.1) is 11.6 Å². The van der Waals surface area contributed by atoms with E-state index in [1.54, 1.807) is 13.1 Å². The van der Waals surface area contributed by atoms with Gasteiger partial charge in [0.2, 0.25) is 0 Å². The largest absolute Gasteiger partial charge is 0.313 e. The first-order chi connectivity index (χ1) is 8.72. The van der Waals surface area contributed by atoms with E-state index in [1.807, 2.05) is 30.3 Å². The maximum Gasteiger partial charge on any atom is 0.163 e. The summed E-state index contributed by atoms with van der Waals surface area (Å²) in [6.07, 6.45) is 0.623. The predicted octanol–water partition coefficient (Wildman–Crippen LogP) is 3.47. The summed E-state index contributed by atoms with van der Waals surface area (Å²) in [6.45, 7) is 0. The zero-order valence-electron chi connectivity index (χ0n) is 10.2. The zero-order chi connectivity index (χ0) is 13.0. The topological polar surface area (TPSA) is 12.0 Å². The predicted molar refractivity (Wildman–Crippen MR) is 68.3 cm³/mol. The van der Waals surface area contributed by atoms with Crippen LogP contribution in [0.4, 0.5) is 8.78 Å². The van der Waals surface area contributed by atoms with Crippen molar-refractivity contribution in [2.75, 3.05) is 7.05 Å². The minimum absolute atomic E-state index is 0.233. The molecular weight excluding hydrogens is 232 g/mol. The maximum atomic E-state index is 13.7. The van der Waals surface area contributed by atoms with Crippen molar-refractivity contribution in [3.05, 3.63) is 71.3 Å². The fourth-order valence-corrected chi connectivity index (χ4v) is 2.01. The molecule has 0 fully saturated rings. The van der Waals surface area contributed by atoms with Crippen LogP contribution in [-0.2, 0) is 6.42 Å². The number of benzene rings is 2. The van der Waals surface area contributed by atoms with Crippen molar-refractivity contribution in [2.45, 2.75) is 12.5 Å². The average Bonchev–Trinajstić information content (AvgIpc) is 2.41. The third-order valence-electron chi connectivity index (χ3n) is 2.99. The standard InChI is InChI=1S/C15H15F2N/c1-18-14(10-11-6-3-2-4-7-11)12-8-5-9-13(16)15(12)17/h2-9,14,18H,10H2,1H3. The smallest absolute Gasteiger partial charge is 0.163 e. The summed E-state index contributed by atoms with van der Waals surface area (Å²) >= 11 is 0. The van der Waals surface area contributed by atoms with Gasteiger partial charge in [0.1, 0.15) is 0 Å². The molecule has 1 atom stereocenters. The van der Waals surface area contributed by atoms with E-state index in [-0.39, 0.29) is 6.04 Å². The van der Waals surface area contributed by atoms with Gasteiger partial charge in [0.25, 0.3) is 0 Å². The minimum atomic E-state index is -0.805. The first-order valence-corrected chi connectivity index (χ1v) is 5.87. The van der Waals surface area contributed by atoms with Gasteiger partial charge in [0.05, 0.1) is 0 Å². The molecule has 18 heavy (non-hydrogen) atoms. The number of halogens is 2. The first-order valence-electron chi connectivity index (χ1n) is 5.87. The van der Waals surface area contributed by atoms with E-state index in [9.17, 15) is 8.78 Å². The lowest BCUT2D eigenvalue weighted by Gasteiger charge is -2.17. The van der Waals surface area contributed by atoms with Gasteiger partial charge in [0.15, 0.2) is 11.6 Å². The summed E-state index contributed by atoms with van der Waals surface area (Å²) in [4.78, 5) is 0. The molecule has 0 amide bonds. The molecule has 2 aromatic rings. The highest BCUT2D eigenvalue weighted by Gasteiger charge is 2.16. The molecule has 0 spiro atoms. The second-order valence-electron chi connectivity index (χ2n) is 4.17. The van der Waals surface area contributed by atoms with Crippen molar-refractivity contribution in [2.24, 2.45) is 0 Å². The van der Waals surface area contributed by atoms with Crippen LogP contribution in [0.15, 0.2) is 48.5 Å². The molecule has 0 aromatic heterocycles. The van der Waals surface area contributed by atoms with Crippen LogP contribution < -0.4 is 5.32 Å². The summed E-state index contributed by atoms with van der Waals surface area (Å²) in [6, 6.07) is 13.8. The SMILES string of the molecule is CNC(Cc1ccccc1)c1cccc(F)c1F. The quantitative estimate of drug-likeness (QED) is 0.872. The lowest BCUT2D eigenvalue weighted by atomic mass is 9.98. The Bertz CT molecular complexity index is 511. The molecule has 0 aliphatic rings. The molecule has 1 unspecified atom stereocenters. The van der Waals surface area contributed by atoms with Crippen LogP contribution >= 0.6 is 0 Å². The van der Waals surface area contributed by atoms with Crippen molar-refractivity contribution in [1.29, 1.82) is 0 Å². The second-order valence-corrected chi connectivity index (χ2v) is 4.17. The Kier molecular flexibility index (Phi) is 4.05. The van der Waals surface area contributed by atoms with Crippen LogP contribution in [0.1, 0.15) is 17.2 Å². The molecule has 0 bridgehead atoms. The van der Waals surface area contributed by atoms with Crippen LogP contribution in [0.3, 0.4) is 0 Å². The molecule has 0 aliphatic heterocycles. The van der Waals surface area contributed by atoms with Gasteiger partial charge in [-0.15, -0.1) is 0 Å². The Hall–Kier alpha value is -1.74. The van der Waals surface area contributed by atoms with E-state index in [0.29, 0.717) is 12.0 Å². The van der Waals surface area contributed by atoms with E-state index < -0.39 is 11.6 Å². The molecular formula is C15H15F2N. The van der Waals surface area contributed by atoms with Gasteiger partial charge in [-0.25, -0.2) is 8.78 Å². The molecule has 1 N–H and O–H groups in total. The van der Waals surface area contributed by atoms with E-state index in [1.165, 1.54) is 6.07 Å². The van der Waals surface area contributed by atoms with Gasteiger partial charge in [-0.05, 0) is 25.1 Å². The van der Waals surface area contributed by atoms with Crippen LogP contribution in [0.2, 0.25) is 0 Å². The number of nitrogens with one attached hydrogen (secondary N) is 1. The summed E-state index contributed by atoms with van der Waals surface area (Å²) in [5.74, 6) is -1.58. The van der Waals surface area contributed by atoms with Gasteiger partial charge in [-0.3, -0.25) is 0 Å². The molecule has 0 aliphatic carbocycles. The molecule has 2 aromatic carbocycles. The number of rotatable bonds is 4. The minimum Gasteiger partial charge on any atom is -0.313 e. The monoisotopic (exact) mass is 247 g/mol. The lowest BCUT2D eigenvalue weighted by Crippen LogP contribution is -2.20. The molecule has 0 heterocycles. The molecule has 2 rings (SSSR count). The summed E-state index contributed by atoms with van der Waals surface area (Å²) < 4.78 is 26.9. The van der Waals surface area contributed by atoms with Crippen LogP contribution in [0.25, 0.3) is 0 Å². The fourth-order valence-electron chi connectivity index (χ4n) is 2.01. The Morgan fingerprint density at radius 1 is 1.00 bits per heavy atom. The third kappa shape index (κ3) is 2.74. The Labute approximate surface area is 105 Å². The number of hydrogen-bond donors (Lipinski definition) is 1. The van der Waals surface area contributed by atoms with Gasteiger partial charge >= 0.3 is 0 Å². The van der Waals surface area contributed by atoms with Crippen molar-refractivity contribution >= 4 is 0 Å². The lowest BCUT2D eigenvalue weighted by molar-refractivity contribution is 0.473. The number of hydrogen-bond acceptors (Lipinski definition) is 1. The number of likely N-dealkylation sites (N-methyl/N-ethyl adjacent to an activating group) is 1. The molecule has 3 heteroatoms. The van der Waals surface area contributed by atoms with Gasteiger partial charge in [-0.1, -0.05) is 42.5 Å². The highest BCUT2D eigenvalue weighted by molar-refractivity contribution is 5.25. The van der Waals surface area contributed by atoms with Gasteiger partial charge < -0.3 is 5.32 Å². The zero-order valence-corrected chi connectivity index (χ0v) is 10.2. The average molecular weight is 247 g/mol. The Morgan fingerprint density at radius 2 is 1.72 bits per heavy atom. The Balaban J connectivity index is 2.26. The molecule has 0 saturated carbocycles. The molecule has 0 radical (unpaired) electrons. The third-order valence-corrected chi connectivity index (χ3v) is 2.99. The van der Waals surface area contributed by atoms with Crippen LogP contribution in [0.5, 0.6) is 0 Å². The van der Waals surface area contributed by atoms with E-state index in [2.05, 4.69) is 5.32 Å². The van der Waals surface area contributed by atoms with Gasteiger partial charge in [0, 0.05) is 11.6 Å². The first kappa shape index (κ1) is 12.7. The van der Waals surface area contributed by atoms with Crippen molar-refractivity contribution < 1.29 is 8.78 Å². The normalized spacial score (nSPS) is 12.4. The summed E-state index contributed by atoms with van der Waals surface area (Å²) in [5.41, 5.74) is 1.45. The second kappa shape index (κ2) is 5.74. The summed E-state index contributed by atoms with van der Waals surface area (Å²) in [7, 11) is 1.75. The highest BCUT2D eigenvalue weighted by Crippen LogP contribution is 2.22. The van der Waals surface area contributed by atoms with Crippen molar-refractivity contribution in [3.8, 4) is 0 Å².